The number of benzene rings is 16. The molecule has 6 aliphatic rings. The van der Waals surface area contributed by atoms with Gasteiger partial charge >= 0.3 is 0 Å². The third kappa shape index (κ3) is 6.15. The van der Waals surface area contributed by atoms with Gasteiger partial charge in [-0.3, -0.25) is 0 Å². The van der Waals surface area contributed by atoms with Gasteiger partial charge in [0.1, 0.15) is 23.0 Å². The second-order valence-electron chi connectivity index (χ2n) is 26.0. The predicted octanol–water partition coefficient (Wildman–Crippen LogP) is 23.5. The quantitative estimate of drug-likeness (QED) is 0.176. The summed E-state index contributed by atoms with van der Waals surface area (Å²) in [6, 6.07) is 114. The highest BCUT2D eigenvalue weighted by atomic mass is 16.5. The Kier molecular flexibility index (Phi) is 9.35. The van der Waals surface area contributed by atoms with Crippen LogP contribution in [-0.4, -0.2) is 0 Å². The molecule has 0 unspecified atom stereocenters. The van der Waals surface area contributed by atoms with Gasteiger partial charge < -0.3 is 9.47 Å². The van der Waals surface area contributed by atoms with Crippen molar-refractivity contribution in [2.24, 2.45) is 0 Å². The molecule has 16 aromatic carbocycles. The van der Waals surface area contributed by atoms with E-state index in [4.69, 9.17) is 9.47 Å². The molecule has 4 aliphatic carbocycles. The van der Waals surface area contributed by atoms with Gasteiger partial charge in [-0.05, 0) is 239 Å². The molecule has 2 heteroatoms. The molecule has 2 heterocycles. The Hall–Kier alpha value is -11.8. The summed E-state index contributed by atoms with van der Waals surface area (Å²) in [7, 11) is 0. The molecule has 0 N–H and O–H groups in total. The molecule has 0 atom stereocenters. The lowest BCUT2D eigenvalue weighted by Gasteiger charge is -2.32. The van der Waals surface area contributed by atoms with Gasteiger partial charge in [-0.2, -0.15) is 0 Å². The van der Waals surface area contributed by atoms with E-state index in [1.807, 2.05) is 0 Å². The average Bonchev–Trinajstić information content (AvgIpc) is 1.52. The highest BCUT2D eigenvalue weighted by Crippen LogP contribution is 2.67. The van der Waals surface area contributed by atoms with Crippen molar-refractivity contribution in [2.75, 3.05) is 0 Å². The molecule has 2 spiro atoms. The van der Waals surface area contributed by atoms with E-state index in [-0.39, 0.29) is 0 Å². The summed E-state index contributed by atoms with van der Waals surface area (Å²) >= 11 is 0. The van der Waals surface area contributed by atoms with Crippen molar-refractivity contribution in [3.63, 3.8) is 0 Å². The van der Waals surface area contributed by atoms with E-state index in [1.165, 1.54) is 138 Å². The third-order valence-electron chi connectivity index (χ3n) is 21.8. The third-order valence-corrected chi connectivity index (χ3v) is 21.8. The molecule has 422 valence electrons. The second kappa shape index (κ2) is 17.5. The number of hydrogen-bond donors (Lipinski definition) is 0. The molecule has 22 rings (SSSR count). The van der Waals surface area contributed by atoms with Crippen molar-refractivity contribution in [3.8, 4) is 123 Å². The first-order valence-electron chi connectivity index (χ1n) is 32.1. The van der Waals surface area contributed by atoms with E-state index in [2.05, 4.69) is 303 Å². The standard InChI is InChI=1S/C90H50O2/c1-2-16-52-46-81-73(44-51(52)15-1)68-38-33-55(47-79(68)89(81)75-26-8-3-19-63(75)64-20-4-9-27-76(64)89)60-43-59-18-14-25-71-74-45-54(35-40-83(74)92-85(50-60)87(59)71)53-31-36-62-57(41-53)34-39-72-67-37-32-56(61-42-58-17-13-24-70-69-23-7-12-30-82(69)91-84(49-61)86(58)70)48-80(67)90(88(62)72)77-28-10-5-21-65(77)66-22-6-11-29-78(66)90/h1-50H. The van der Waals surface area contributed by atoms with Crippen molar-refractivity contribution >= 4 is 43.1 Å². The molecule has 0 saturated carbocycles. The van der Waals surface area contributed by atoms with E-state index in [0.717, 1.165) is 72.5 Å². The van der Waals surface area contributed by atoms with Crippen LogP contribution in [0.15, 0.2) is 303 Å². The molecular weight excluding hydrogens is 1110 g/mol. The molecule has 2 nitrogen and oxygen atoms in total. The summed E-state index contributed by atoms with van der Waals surface area (Å²) in [6.07, 6.45) is 0. The molecule has 92 heavy (non-hydrogen) atoms. The van der Waals surface area contributed by atoms with Crippen molar-refractivity contribution < 1.29 is 9.47 Å². The van der Waals surface area contributed by atoms with E-state index < -0.39 is 10.8 Å². The second-order valence-corrected chi connectivity index (χ2v) is 26.0. The van der Waals surface area contributed by atoms with Crippen LogP contribution in [0, 0.1) is 0 Å². The van der Waals surface area contributed by atoms with Crippen LogP contribution in [-0.2, 0) is 10.8 Å². The zero-order valence-corrected chi connectivity index (χ0v) is 49.7. The number of para-hydroxylation sites is 1. The summed E-state index contributed by atoms with van der Waals surface area (Å²) in [5.41, 5.74) is 31.6. The minimum absolute atomic E-state index is 0.465. The summed E-state index contributed by atoms with van der Waals surface area (Å²) in [6.45, 7) is 0. The fraction of sp³-hybridized carbons (Fsp3) is 0.0222. The van der Waals surface area contributed by atoms with Crippen LogP contribution in [0.2, 0.25) is 0 Å². The van der Waals surface area contributed by atoms with Gasteiger partial charge in [0.25, 0.3) is 0 Å². The van der Waals surface area contributed by atoms with Crippen molar-refractivity contribution in [1.29, 1.82) is 0 Å². The Labute approximate surface area is 531 Å². The maximum Gasteiger partial charge on any atom is 0.136 e. The summed E-state index contributed by atoms with van der Waals surface area (Å²) < 4.78 is 13.9. The Morgan fingerprint density at radius 1 is 0.185 bits per heavy atom. The predicted molar refractivity (Wildman–Crippen MR) is 376 cm³/mol. The van der Waals surface area contributed by atoms with Crippen molar-refractivity contribution in [1.82, 2.24) is 0 Å². The smallest absolute Gasteiger partial charge is 0.136 e. The van der Waals surface area contributed by atoms with Crippen molar-refractivity contribution in [2.45, 2.75) is 10.8 Å². The first kappa shape index (κ1) is 49.1. The Morgan fingerprint density at radius 2 is 0.598 bits per heavy atom. The van der Waals surface area contributed by atoms with Gasteiger partial charge in [-0.15, -0.1) is 0 Å². The normalized spacial score (nSPS) is 14.2. The van der Waals surface area contributed by atoms with Crippen LogP contribution >= 0.6 is 0 Å². The molecular formula is C90H50O2. The first-order valence-corrected chi connectivity index (χ1v) is 32.1. The van der Waals surface area contributed by atoms with Crippen LogP contribution in [0.25, 0.3) is 143 Å². The minimum Gasteiger partial charge on any atom is -0.456 e. The van der Waals surface area contributed by atoms with E-state index >= 15 is 0 Å². The Morgan fingerprint density at radius 3 is 1.23 bits per heavy atom. The molecule has 0 radical (unpaired) electrons. The lowest BCUT2D eigenvalue weighted by Crippen LogP contribution is -2.26. The molecule has 0 amide bonds. The maximum atomic E-state index is 7.12. The number of rotatable bonds is 3. The molecule has 16 aromatic rings. The molecule has 0 bridgehead atoms. The van der Waals surface area contributed by atoms with Crippen LogP contribution in [0.3, 0.4) is 0 Å². The minimum atomic E-state index is -0.559. The fourth-order valence-corrected chi connectivity index (χ4v) is 18.1. The monoisotopic (exact) mass is 1160 g/mol. The molecule has 0 saturated heterocycles. The molecule has 2 aliphatic heterocycles. The van der Waals surface area contributed by atoms with Gasteiger partial charge in [0, 0.05) is 21.9 Å². The maximum absolute atomic E-state index is 7.12. The highest BCUT2D eigenvalue weighted by molar-refractivity contribution is 6.10. The van der Waals surface area contributed by atoms with E-state index in [0.29, 0.717) is 0 Å². The molecule has 0 aromatic heterocycles. The topological polar surface area (TPSA) is 18.5 Å². The lowest BCUT2D eigenvalue weighted by molar-refractivity contribution is 0.487. The largest absolute Gasteiger partial charge is 0.456 e. The van der Waals surface area contributed by atoms with E-state index in [1.54, 1.807) is 0 Å². The number of ether oxygens (including phenoxy) is 2. The Bertz CT molecular complexity index is 6000. The molecule has 0 fully saturated rings. The Balaban J connectivity index is 0.659. The van der Waals surface area contributed by atoms with Crippen LogP contribution in [0.4, 0.5) is 0 Å². The van der Waals surface area contributed by atoms with Gasteiger partial charge in [-0.1, -0.05) is 231 Å². The van der Waals surface area contributed by atoms with Crippen molar-refractivity contribution in [3.05, 3.63) is 348 Å². The van der Waals surface area contributed by atoms with Crippen LogP contribution < -0.4 is 9.47 Å². The first-order chi connectivity index (χ1) is 45.6. The number of fused-ring (bicyclic) bond motifs is 27. The van der Waals surface area contributed by atoms with Crippen LogP contribution in [0.5, 0.6) is 23.0 Å². The van der Waals surface area contributed by atoms with Gasteiger partial charge in [-0.25, -0.2) is 0 Å². The van der Waals surface area contributed by atoms with Crippen LogP contribution in [0.1, 0.15) is 44.5 Å². The summed E-state index contributed by atoms with van der Waals surface area (Å²) in [4.78, 5) is 0. The SMILES string of the molecule is c1ccc2c(c1)Oc1cc(-c3ccc4c(c3)C3(c5ccccc5-c5ccccc53)c3c-4ccc4cc(-c5ccc6c(c5)-c5cccc7cc(-c8ccc9c(c8)C8(c%10ccccc%10-c%10ccccc%108)c8cc%10ccccc%10cc8-9)cc(c57)O6)ccc34)cc3cccc-2c13. The van der Waals surface area contributed by atoms with Gasteiger partial charge in [0.05, 0.1) is 10.8 Å². The number of hydrogen-bond acceptors (Lipinski definition) is 2. The summed E-state index contributed by atoms with van der Waals surface area (Å²) in [5, 5.41) is 9.62. The van der Waals surface area contributed by atoms with E-state index in [9.17, 15) is 0 Å². The van der Waals surface area contributed by atoms with Gasteiger partial charge in [0.2, 0.25) is 0 Å². The lowest BCUT2D eigenvalue weighted by atomic mass is 9.69. The summed E-state index contributed by atoms with van der Waals surface area (Å²) in [5.74, 6) is 3.54. The fourth-order valence-electron chi connectivity index (χ4n) is 18.1. The zero-order valence-electron chi connectivity index (χ0n) is 49.7. The van der Waals surface area contributed by atoms with Gasteiger partial charge in [0.15, 0.2) is 0 Å². The zero-order chi connectivity index (χ0) is 59.7. The highest BCUT2D eigenvalue weighted by Gasteiger charge is 2.54. The average molecular weight is 1160 g/mol.